The second-order valence-electron chi connectivity index (χ2n) is 6.11. The van der Waals surface area contributed by atoms with Crippen LogP contribution in [0.3, 0.4) is 0 Å². The number of amides is 1. The smallest absolute Gasteiger partial charge is 0.271 e. The maximum absolute atomic E-state index is 12.3. The molecule has 0 aliphatic heterocycles. The molecule has 28 heavy (non-hydrogen) atoms. The van der Waals surface area contributed by atoms with Crippen LogP contribution in [-0.4, -0.2) is 20.5 Å². The average molecular weight is 393 g/mol. The summed E-state index contributed by atoms with van der Waals surface area (Å²) in [6.45, 7) is 1.99. The number of nitrogens with zero attached hydrogens (tertiary/aromatic N) is 1. The maximum Gasteiger partial charge on any atom is 0.271 e. The predicted molar refractivity (Wildman–Crippen MR) is 110 cm³/mol. The number of carbonyl (C=O) groups excluding carboxylic acids is 1. The van der Waals surface area contributed by atoms with E-state index in [1.165, 1.54) is 36.4 Å². The molecule has 0 radical (unpaired) electrons. The SMILES string of the molecule is Cc1ccc(/C=N/NC(=O)c2ccc(NS(=O)(=O)c3ccccc3)cc2)cc1. The van der Waals surface area contributed by atoms with E-state index in [1.807, 2.05) is 31.2 Å². The van der Waals surface area contributed by atoms with Gasteiger partial charge in [-0.2, -0.15) is 5.10 Å². The van der Waals surface area contributed by atoms with Crippen molar-refractivity contribution >= 4 is 27.8 Å². The zero-order valence-electron chi connectivity index (χ0n) is 15.2. The lowest BCUT2D eigenvalue weighted by Gasteiger charge is -2.08. The van der Waals surface area contributed by atoms with Gasteiger partial charge in [-0.3, -0.25) is 9.52 Å². The van der Waals surface area contributed by atoms with Crippen LogP contribution in [0.5, 0.6) is 0 Å². The van der Waals surface area contributed by atoms with Crippen LogP contribution in [0.1, 0.15) is 21.5 Å². The molecule has 7 heteroatoms. The summed E-state index contributed by atoms with van der Waals surface area (Å²) in [5.41, 5.74) is 5.19. The maximum atomic E-state index is 12.3. The standard InChI is InChI=1S/C21H19N3O3S/c1-16-7-9-17(10-8-16)15-22-23-21(25)18-11-13-19(14-12-18)24-28(26,27)20-5-3-2-4-6-20/h2-15,24H,1H3,(H,23,25)/b22-15+. The van der Waals surface area contributed by atoms with E-state index in [0.29, 0.717) is 11.3 Å². The van der Waals surface area contributed by atoms with Crippen molar-refractivity contribution in [2.24, 2.45) is 5.10 Å². The Morgan fingerprint density at radius 2 is 1.54 bits per heavy atom. The van der Waals surface area contributed by atoms with Crippen molar-refractivity contribution in [2.45, 2.75) is 11.8 Å². The molecule has 3 aromatic carbocycles. The van der Waals surface area contributed by atoms with Gasteiger partial charge in [-0.1, -0.05) is 48.0 Å². The molecule has 0 aliphatic carbocycles. The topological polar surface area (TPSA) is 87.6 Å². The molecule has 0 aromatic heterocycles. The summed E-state index contributed by atoms with van der Waals surface area (Å²) in [5, 5.41) is 3.93. The van der Waals surface area contributed by atoms with Crippen molar-refractivity contribution < 1.29 is 13.2 Å². The average Bonchev–Trinajstić information content (AvgIpc) is 2.70. The zero-order chi connectivity index (χ0) is 20.0. The second kappa shape index (κ2) is 8.49. The Bertz CT molecular complexity index is 1080. The monoisotopic (exact) mass is 393 g/mol. The van der Waals surface area contributed by atoms with Gasteiger partial charge in [0.25, 0.3) is 15.9 Å². The van der Waals surface area contributed by atoms with Crippen molar-refractivity contribution in [3.05, 3.63) is 95.6 Å². The first kappa shape index (κ1) is 19.3. The van der Waals surface area contributed by atoms with Crippen molar-refractivity contribution in [1.29, 1.82) is 0 Å². The molecule has 0 aliphatic rings. The quantitative estimate of drug-likeness (QED) is 0.496. The van der Waals surface area contributed by atoms with Crippen LogP contribution in [0.2, 0.25) is 0 Å². The van der Waals surface area contributed by atoms with Crippen LogP contribution < -0.4 is 10.1 Å². The van der Waals surface area contributed by atoms with Crippen LogP contribution in [0.25, 0.3) is 0 Å². The molecular formula is C21H19N3O3S. The largest absolute Gasteiger partial charge is 0.280 e. The van der Waals surface area contributed by atoms with Gasteiger partial charge >= 0.3 is 0 Å². The summed E-state index contributed by atoms with van der Waals surface area (Å²) in [6.07, 6.45) is 1.56. The molecule has 0 unspecified atom stereocenters. The molecule has 0 bridgehead atoms. The molecule has 2 N–H and O–H groups in total. The third kappa shape index (κ3) is 5.05. The summed E-state index contributed by atoms with van der Waals surface area (Å²) in [6, 6.07) is 21.9. The minimum absolute atomic E-state index is 0.169. The van der Waals surface area contributed by atoms with Gasteiger partial charge in [-0.25, -0.2) is 13.8 Å². The number of rotatable bonds is 6. The van der Waals surface area contributed by atoms with E-state index in [4.69, 9.17) is 0 Å². The van der Waals surface area contributed by atoms with Crippen molar-refractivity contribution in [3.63, 3.8) is 0 Å². The minimum Gasteiger partial charge on any atom is -0.280 e. The van der Waals surface area contributed by atoms with E-state index >= 15 is 0 Å². The summed E-state index contributed by atoms with van der Waals surface area (Å²) in [5.74, 6) is -0.388. The Hall–Kier alpha value is -3.45. The normalized spacial score (nSPS) is 11.3. The van der Waals surface area contributed by atoms with Gasteiger partial charge in [-0.05, 0) is 48.9 Å². The number of hydrogen-bond acceptors (Lipinski definition) is 4. The highest BCUT2D eigenvalue weighted by Gasteiger charge is 2.13. The molecule has 6 nitrogen and oxygen atoms in total. The van der Waals surface area contributed by atoms with Gasteiger partial charge in [-0.15, -0.1) is 0 Å². The highest BCUT2D eigenvalue weighted by molar-refractivity contribution is 7.92. The fraction of sp³-hybridized carbons (Fsp3) is 0.0476. The highest BCUT2D eigenvalue weighted by atomic mass is 32.2. The lowest BCUT2D eigenvalue weighted by molar-refractivity contribution is 0.0955. The molecule has 0 atom stereocenters. The number of benzene rings is 3. The summed E-state index contributed by atoms with van der Waals surface area (Å²) < 4.78 is 27.1. The van der Waals surface area contributed by atoms with Gasteiger partial charge in [0.05, 0.1) is 11.1 Å². The number of aryl methyl sites for hydroxylation is 1. The minimum atomic E-state index is -3.67. The Kier molecular flexibility index (Phi) is 5.86. The molecule has 3 rings (SSSR count). The van der Waals surface area contributed by atoms with E-state index in [0.717, 1.165) is 11.1 Å². The first-order valence-corrected chi connectivity index (χ1v) is 10.0. The van der Waals surface area contributed by atoms with Crippen LogP contribution in [-0.2, 0) is 10.0 Å². The Morgan fingerprint density at radius 1 is 0.893 bits per heavy atom. The van der Waals surface area contributed by atoms with Gasteiger partial charge < -0.3 is 0 Å². The summed E-state index contributed by atoms with van der Waals surface area (Å²) in [4.78, 5) is 12.3. The number of anilines is 1. The third-order valence-corrected chi connectivity index (χ3v) is 5.31. The van der Waals surface area contributed by atoms with E-state index < -0.39 is 10.0 Å². The molecule has 0 heterocycles. The van der Waals surface area contributed by atoms with Crippen molar-refractivity contribution in [2.75, 3.05) is 4.72 Å². The van der Waals surface area contributed by atoms with E-state index in [1.54, 1.807) is 24.4 Å². The highest BCUT2D eigenvalue weighted by Crippen LogP contribution is 2.16. The fourth-order valence-electron chi connectivity index (χ4n) is 2.39. The molecule has 1 amide bonds. The second-order valence-corrected chi connectivity index (χ2v) is 7.79. The molecule has 142 valence electrons. The number of hydrogen-bond donors (Lipinski definition) is 2. The number of carbonyl (C=O) groups is 1. The van der Waals surface area contributed by atoms with E-state index in [2.05, 4.69) is 15.2 Å². The van der Waals surface area contributed by atoms with Crippen LogP contribution >= 0.6 is 0 Å². The van der Waals surface area contributed by atoms with Gasteiger partial charge in [0, 0.05) is 11.3 Å². The molecular weight excluding hydrogens is 374 g/mol. The van der Waals surface area contributed by atoms with Gasteiger partial charge in [0.1, 0.15) is 0 Å². The van der Waals surface area contributed by atoms with Gasteiger partial charge in [0.2, 0.25) is 0 Å². The predicted octanol–water partition coefficient (Wildman–Crippen LogP) is 3.56. The third-order valence-electron chi connectivity index (χ3n) is 3.91. The van der Waals surface area contributed by atoms with Crippen LogP contribution in [0, 0.1) is 6.92 Å². The first-order chi connectivity index (χ1) is 13.4. The Morgan fingerprint density at radius 3 is 2.18 bits per heavy atom. The molecule has 0 fully saturated rings. The first-order valence-electron chi connectivity index (χ1n) is 8.52. The van der Waals surface area contributed by atoms with Crippen molar-refractivity contribution in [1.82, 2.24) is 5.43 Å². The number of sulfonamides is 1. The fourth-order valence-corrected chi connectivity index (χ4v) is 3.47. The Labute approximate surface area is 164 Å². The van der Waals surface area contributed by atoms with E-state index in [9.17, 15) is 13.2 Å². The molecule has 0 saturated heterocycles. The van der Waals surface area contributed by atoms with Crippen LogP contribution in [0.15, 0.2) is 88.9 Å². The Balaban J connectivity index is 1.62. The number of hydrazone groups is 1. The van der Waals surface area contributed by atoms with Crippen LogP contribution in [0.4, 0.5) is 5.69 Å². The lowest BCUT2D eigenvalue weighted by atomic mass is 10.2. The molecule has 0 saturated carbocycles. The number of nitrogens with one attached hydrogen (secondary N) is 2. The summed E-state index contributed by atoms with van der Waals surface area (Å²) >= 11 is 0. The van der Waals surface area contributed by atoms with E-state index in [-0.39, 0.29) is 10.8 Å². The van der Waals surface area contributed by atoms with Gasteiger partial charge in [0.15, 0.2) is 0 Å². The molecule has 0 spiro atoms. The molecule has 3 aromatic rings. The lowest BCUT2D eigenvalue weighted by Crippen LogP contribution is -2.18. The summed E-state index contributed by atoms with van der Waals surface area (Å²) in [7, 11) is -3.67. The van der Waals surface area contributed by atoms with Crippen molar-refractivity contribution in [3.8, 4) is 0 Å². The zero-order valence-corrected chi connectivity index (χ0v) is 16.0.